The number of benzene rings is 1. The number of rotatable bonds is 5. The topological polar surface area (TPSA) is 65.0 Å². The number of carbonyl (C=O) groups excluding carboxylic acids is 1. The Morgan fingerprint density at radius 1 is 1.32 bits per heavy atom. The normalized spacial score (nSPS) is 24.9. The fraction of sp³-hybridized carbons (Fsp3) is 0.438. The van der Waals surface area contributed by atoms with Crippen LogP contribution in [0.25, 0.3) is 0 Å². The monoisotopic (exact) mass is 370 g/mol. The van der Waals surface area contributed by atoms with Crippen LogP contribution in [0.15, 0.2) is 40.4 Å². The number of ether oxygens (including phenoxy) is 2. The van der Waals surface area contributed by atoms with Gasteiger partial charge in [-0.1, -0.05) is 41.9 Å². The van der Waals surface area contributed by atoms with Crippen molar-refractivity contribution in [3.63, 3.8) is 0 Å². The van der Waals surface area contributed by atoms with Gasteiger partial charge in [0.2, 0.25) is 0 Å². The molecule has 1 N–H and O–H groups in total. The zero-order valence-electron chi connectivity index (χ0n) is 12.8. The second-order valence-electron chi connectivity index (χ2n) is 5.10. The maximum absolute atomic E-state index is 11.7. The summed E-state index contributed by atoms with van der Waals surface area (Å²) in [6.07, 6.45) is 2.64. The first-order valence-corrected chi connectivity index (χ1v) is 7.86. The van der Waals surface area contributed by atoms with E-state index in [4.69, 9.17) is 14.4 Å². The van der Waals surface area contributed by atoms with E-state index in [2.05, 4.69) is 15.9 Å². The highest BCUT2D eigenvalue weighted by Gasteiger charge is 2.62. The van der Waals surface area contributed by atoms with Crippen LogP contribution < -0.4 is 0 Å². The first-order chi connectivity index (χ1) is 10.5. The molecule has 0 aliphatic carbocycles. The Labute approximate surface area is 137 Å². The van der Waals surface area contributed by atoms with Gasteiger partial charge in [-0.05, 0) is 25.0 Å². The molecule has 0 saturated carbocycles. The predicted molar refractivity (Wildman–Crippen MR) is 84.0 cm³/mol. The predicted octanol–water partition coefficient (Wildman–Crippen LogP) is 3.78. The summed E-state index contributed by atoms with van der Waals surface area (Å²) in [5.74, 6) is -1.98. The molecule has 0 amide bonds. The minimum Gasteiger partial charge on any atom is -0.466 e. The van der Waals surface area contributed by atoms with Crippen molar-refractivity contribution in [2.24, 2.45) is 0 Å². The average Bonchev–Trinajstić information content (AvgIpc) is 2.54. The van der Waals surface area contributed by atoms with Crippen LogP contribution in [0.4, 0.5) is 0 Å². The highest BCUT2D eigenvalue weighted by atomic mass is 79.9. The number of hydrogen-bond acceptors (Lipinski definition) is 5. The SMILES string of the molecule is CCC1(CC)OC(OO)(c2ccc(Br)cc2)/C1=C\C(=O)OC. The number of methoxy groups -OCH3 is 1. The summed E-state index contributed by atoms with van der Waals surface area (Å²) in [5, 5.41) is 9.51. The Hall–Kier alpha value is -1.21. The van der Waals surface area contributed by atoms with Crippen LogP contribution in [0.1, 0.15) is 32.3 Å². The van der Waals surface area contributed by atoms with E-state index < -0.39 is 17.4 Å². The molecule has 1 fully saturated rings. The van der Waals surface area contributed by atoms with Crippen molar-refractivity contribution >= 4 is 21.9 Å². The van der Waals surface area contributed by atoms with Gasteiger partial charge in [0.25, 0.3) is 5.79 Å². The van der Waals surface area contributed by atoms with Gasteiger partial charge in [-0.25, -0.2) is 10.1 Å². The molecule has 1 aliphatic rings. The molecule has 1 heterocycles. The van der Waals surface area contributed by atoms with E-state index in [0.717, 1.165) is 4.47 Å². The average molecular weight is 371 g/mol. The Morgan fingerprint density at radius 2 is 1.91 bits per heavy atom. The molecule has 0 radical (unpaired) electrons. The lowest BCUT2D eigenvalue weighted by Crippen LogP contribution is -2.61. The summed E-state index contributed by atoms with van der Waals surface area (Å²) in [6.45, 7) is 3.91. The van der Waals surface area contributed by atoms with Crippen molar-refractivity contribution in [2.75, 3.05) is 7.11 Å². The van der Waals surface area contributed by atoms with Crippen LogP contribution in [-0.2, 0) is 24.9 Å². The van der Waals surface area contributed by atoms with Crippen LogP contribution in [0, 0.1) is 0 Å². The maximum Gasteiger partial charge on any atom is 0.330 e. The standard InChI is InChI=1S/C16H19BrO5/c1-4-15(5-2)13(10-14(18)20-3)16(21-15,22-19)11-6-8-12(17)9-7-11/h6-10,19H,4-5H2,1-3H3/b13-10-. The van der Waals surface area contributed by atoms with Gasteiger partial charge < -0.3 is 9.47 Å². The Balaban J connectivity index is 2.53. The molecule has 0 spiro atoms. The third-order valence-corrected chi connectivity index (χ3v) is 4.67. The molecular formula is C16H19BrO5. The highest BCUT2D eigenvalue weighted by molar-refractivity contribution is 9.10. The van der Waals surface area contributed by atoms with E-state index in [1.807, 2.05) is 26.0 Å². The van der Waals surface area contributed by atoms with E-state index in [-0.39, 0.29) is 0 Å². The fourth-order valence-corrected chi connectivity index (χ4v) is 3.09. The molecule has 22 heavy (non-hydrogen) atoms. The van der Waals surface area contributed by atoms with Gasteiger partial charge in [0.15, 0.2) is 0 Å². The van der Waals surface area contributed by atoms with E-state index in [1.54, 1.807) is 12.1 Å². The van der Waals surface area contributed by atoms with Crippen molar-refractivity contribution in [1.29, 1.82) is 0 Å². The fourth-order valence-electron chi connectivity index (χ4n) is 2.82. The first kappa shape index (κ1) is 17.1. The molecule has 120 valence electrons. The van der Waals surface area contributed by atoms with E-state index >= 15 is 0 Å². The molecule has 0 aromatic heterocycles. The Kier molecular flexibility index (Phi) is 5.07. The highest BCUT2D eigenvalue weighted by Crippen LogP contribution is 2.56. The maximum atomic E-state index is 11.7. The summed E-state index contributed by atoms with van der Waals surface area (Å²) in [5.41, 5.74) is 0.511. The van der Waals surface area contributed by atoms with Crippen molar-refractivity contribution in [2.45, 2.75) is 38.1 Å². The second kappa shape index (κ2) is 6.50. The number of halogens is 1. The zero-order chi connectivity index (χ0) is 16.4. The number of esters is 1. The molecule has 1 unspecified atom stereocenters. The lowest BCUT2D eigenvalue weighted by atomic mass is 9.73. The van der Waals surface area contributed by atoms with Gasteiger partial charge >= 0.3 is 5.97 Å². The van der Waals surface area contributed by atoms with Gasteiger partial charge in [0.05, 0.1) is 12.7 Å². The van der Waals surface area contributed by atoms with Crippen LogP contribution in [-0.4, -0.2) is 23.9 Å². The first-order valence-electron chi connectivity index (χ1n) is 7.07. The molecule has 2 rings (SSSR count). The number of hydrogen-bond donors (Lipinski definition) is 1. The van der Waals surface area contributed by atoms with Gasteiger partial charge in [-0.15, -0.1) is 0 Å². The van der Waals surface area contributed by atoms with Gasteiger partial charge in [0, 0.05) is 21.7 Å². The molecule has 1 aromatic rings. The lowest BCUT2D eigenvalue weighted by Gasteiger charge is -2.55. The van der Waals surface area contributed by atoms with E-state index in [0.29, 0.717) is 24.0 Å². The molecule has 6 heteroatoms. The second-order valence-corrected chi connectivity index (χ2v) is 6.02. The molecule has 1 aromatic carbocycles. The van der Waals surface area contributed by atoms with E-state index in [9.17, 15) is 10.1 Å². The van der Waals surface area contributed by atoms with Crippen LogP contribution in [0.3, 0.4) is 0 Å². The molecule has 1 atom stereocenters. The largest absolute Gasteiger partial charge is 0.466 e. The van der Waals surface area contributed by atoms with Gasteiger partial charge in [0.1, 0.15) is 0 Å². The minimum absolute atomic E-state index is 0.511. The summed E-state index contributed by atoms with van der Waals surface area (Å²) in [7, 11) is 1.31. The van der Waals surface area contributed by atoms with Crippen molar-refractivity contribution in [3.05, 3.63) is 46.0 Å². The van der Waals surface area contributed by atoms with Crippen molar-refractivity contribution in [3.8, 4) is 0 Å². The third kappa shape index (κ3) is 2.60. The van der Waals surface area contributed by atoms with Crippen LogP contribution in [0.2, 0.25) is 0 Å². The molecule has 1 saturated heterocycles. The van der Waals surface area contributed by atoms with Crippen molar-refractivity contribution < 1.29 is 24.4 Å². The summed E-state index contributed by atoms with van der Waals surface area (Å²) >= 11 is 3.36. The van der Waals surface area contributed by atoms with E-state index in [1.165, 1.54) is 13.2 Å². The van der Waals surface area contributed by atoms with Crippen LogP contribution >= 0.6 is 15.9 Å². The lowest BCUT2D eigenvalue weighted by molar-refractivity contribution is -0.458. The van der Waals surface area contributed by atoms with Gasteiger partial charge in [-0.3, -0.25) is 0 Å². The Morgan fingerprint density at radius 3 is 2.36 bits per heavy atom. The van der Waals surface area contributed by atoms with Crippen molar-refractivity contribution in [1.82, 2.24) is 0 Å². The zero-order valence-corrected chi connectivity index (χ0v) is 14.3. The van der Waals surface area contributed by atoms with Gasteiger partial charge in [-0.2, -0.15) is 4.89 Å². The molecule has 5 nitrogen and oxygen atoms in total. The summed E-state index contributed by atoms with van der Waals surface area (Å²) < 4.78 is 11.6. The minimum atomic E-state index is -1.47. The quantitative estimate of drug-likeness (QED) is 0.369. The molecular weight excluding hydrogens is 352 g/mol. The molecule has 0 bridgehead atoms. The number of carbonyl (C=O) groups is 1. The Bertz CT molecular complexity index is 577. The van der Waals surface area contributed by atoms with Crippen LogP contribution in [0.5, 0.6) is 0 Å². The summed E-state index contributed by atoms with van der Waals surface area (Å²) in [6, 6.07) is 7.15. The molecule has 1 aliphatic heterocycles. The third-order valence-electron chi connectivity index (χ3n) is 4.14. The summed E-state index contributed by atoms with van der Waals surface area (Å²) in [4.78, 5) is 16.4. The smallest absolute Gasteiger partial charge is 0.330 e.